The van der Waals surface area contributed by atoms with Gasteiger partial charge in [-0.3, -0.25) is 4.79 Å². The van der Waals surface area contributed by atoms with Crippen molar-refractivity contribution < 1.29 is 9.90 Å². The number of likely N-dealkylation sites (tertiary alicyclic amines) is 1. The SMILES string of the molecule is Cc1c(O)cccc1C(=O)N1CCC(C)(C)CC1. The summed E-state index contributed by atoms with van der Waals surface area (Å²) in [6, 6.07) is 5.13. The van der Waals surface area contributed by atoms with Gasteiger partial charge in [-0.05, 0) is 37.3 Å². The van der Waals surface area contributed by atoms with Gasteiger partial charge in [0.25, 0.3) is 5.91 Å². The van der Waals surface area contributed by atoms with Gasteiger partial charge in [0.1, 0.15) is 5.75 Å². The molecule has 0 spiro atoms. The van der Waals surface area contributed by atoms with E-state index in [1.54, 1.807) is 25.1 Å². The van der Waals surface area contributed by atoms with E-state index in [-0.39, 0.29) is 11.7 Å². The highest BCUT2D eigenvalue weighted by Crippen LogP contribution is 2.31. The van der Waals surface area contributed by atoms with Crippen LogP contribution in [0.3, 0.4) is 0 Å². The van der Waals surface area contributed by atoms with Crippen LogP contribution >= 0.6 is 0 Å². The number of piperidine rings is 1. The summed E-state index contributed by atoms with van der Waals surface area (Å²) in [5, 5.41) is 9.66. The minimum absolute atomic E-state index is 0.0406. The van der Waals surface area contributed by atoms with Crippen molar-refractivity contribution in [3.05, 3.63) is 29.3 Å². The predicted molar refractivity (Wildman–Crippen MR) is 71.8 cm³/mol. The largest absolute Gasteiger partial charge is 0.508 e. The van der Waals surface area contributed by atoms with Gasteiger partial charge in [-0.15, -0.1) is 0 Å². The maximum Gasteiger partial charge on any atom is 0.254 e. The molecule has 0 bridgehead atoms. The van der Waals surface area contributed by atoms with Crippen LogP contribution in [0.2, 0.25) is 0 Å². The van der Waals surface area contributed by atoms with E-state index in [0.717, 1.165) is 25.9 Å². The molecule has 18 heavy (non-hydrogen) atoms. The first kappa shape index (κ1) is 12.9. The molecule has 1 saturated heterocycles. The Kier molecular flexibility index (Phi) is 3.33. The van der Waals surface area contributed by atoms with Gasteiger partial charge in [0, 0.05) is 24.2 Å². The second-order valence-corrected chi connectivity index (χ2v) is 5.91. The van der Waals surface area contributed by atoms with Crippen molar-refractivity contribution in [2.45, 2.75) is 33.6 Å². The third-order valence-electron chi connectivity index (χ3n) is 3.94. The standard InChI is InChI=1S/C15H21NO2/c1-11-12(5-4-6-13(11)17)14(18)16-9-7-15(2,3)8-10-16/h4-6,17H,7-10H2,1-3H3. The molecule has 1 aromatic rings. The Morgan fingerprint density at radius 1 is 1.28 bits per heavy atom. The Balaban J connectivity index is 2.15. The quantitative estimate of drug-likeness (QED) is 0.828. The third kappa shape index (κ3) is 2.50. The Bertz CT molecular complexity index is 456. The molecule has 0 saturated carbocycles. The van der Waals surface area contributed by atoms with Gasteiger partial charge < -0.3 is 10.0 Å². The minimum Gasteiger partial charge on any atom is -0.508 e. The lowest BCUT2D eigenvalue weighted by atomic mass is 9.82. The number of rotatable bonds is 1. The molecule has 0 unspecified atom stereocenters. The fourth-order valence-corrected chi connectivity index (χ4v) is 2.34. The fraction of sp³-hybridized carbons (Fsp3) is 0.533. The van der Waals surface area contributed by atoms with Crippen LogP contribution in [0.1, 0.15) is 42.6 Å². The molecule has 3 nitrogen and oxygen atoms in total. The Morgan fingerprint density at radius 3 is 2.50 bits per heavy atom. The second kappa shape index (κ2) is 4.63. The number of carbonyl (C=O) groups excluding carboxylic acids is 1. The van der Waals surface area contributed by atoms with Crippen molar-refractivity contribution >= 4 is 5.91 Å². The van der Waals surface area contributed by atoms with Crippen LogP contribution < -0.4 is 0 Å². The molecule has 1 heterocycles. The van der Waals surface area contributed by atoms with Crippen LogP contribution in [-0.2, 0) is 0 Å². The molecule has 1 N–H and O–H groups in total. The van der Waals surface area contributed by atoms with Crippen molar-refractivity contribution in [1.29, 1.82) is 0 Å². The van der Waals surface area contributed by atoms with Gasteiger partial charge >= 0.3 is 0 Å². The van der Waals surface area contributed by atoms with Crippen LogP contribution in [0.4, 0.5) is 0 Å². The van der Waals surface area contributed by atoms with Crippen molar-refractivity contribution in [3.63, 3.8) is 0 Å². The third-order valence-corrected chi connectivity index (χ3v) is 3.94. The molecule has 0 radical (unpaired) electrons. The van der Waals surface area contributed by atoms with E-state index in [4.69, 9.17) is 0 Å². The maximum atomic E-state index is 12.4. The van der Waals surface area contributed by atoms with E-state index in [1.165, 1.54) is 0 Å². The number of carbonyl (C=O) groups is 1. The molecule has 1 aliphatic rings. The molecule has 1 fully saturated rings. The monoisotopic (exact) mass is 247 g/mol. The molecule has 98 valence electrons. The van der Waals surface area contributed by atoms with E-state index >= 15 is 0 Å². The lowest BCUT2D eigenvalue weighted by Crippen LogP contribution is -2.41. The lowest BCUT2D eigenvalue weighted by molar-refractivity contribution is 0.0629. The van der Waals surface area contributed by atoms with Crippen molar-refractivity contribution in [1.82, 2.24) is 4.90 Å². The fourth-order valence-electron chi connectivity index (χ4n) is 2.34. The summed E-state index contributed by atoms with van der Waals surface area (Å²) in [5.74, 6) is 0.233. The first-order valence-corrected chi connectivity index (χ1v) is 6.48. The summed E-state index contributed by atoms with van der Waals surface area (Å²) in [7, 11) is 0. The first-order chi connectivity index (χ1) is 8.41. The number of benzene rings is 1. The van der Waals surface area contributed by atoms with Gasteiger partial charge in [-0.2, -0.15) is 0 Å². The van der Waals surface area contributed by atoms with Crippen LogP contribution in [0.15, 0.2) is 18.2 Å². The Hall–Kier alpha value is -1.51. The summed E-state index contributed by atoms with van der Waals surface area (Å²) < 4.78 is 0. The normalized spacial score (nSPS) is 18.7. The highest BCUT2D eigenvalue weighted by atomic mass is 16.3. The van der Waals surface area contributed by atoms with Gasteiger partial charge in [0.15, 0.2) is 0 Å². The zero-order chi connectivity index (χ0) is 13.3. The smallest absolute Gasteiger partial charge is 0.254 e. The zero-order valence-corrected chi connectivity index (χ0v) is 11.4. The number of hydrogen-bond donors (Lipinski definition) is 1. The number of nitrogens with zero attached hydrogens (tertiary/aromatic N) is 1. The maximum absolute atomic E-state index is 12.4. The van der Waals surface area contributed by atoms with E-state index < -0.39 is 0 Å². The van der Waals surface area contributed by atoms with Gasteiger partial charge in [-0.1, -0.05) is 19.9 Å². The molecule has 1 amide bonds. The Labute approximate surface area is 108 Å². The summed E-state index contributed by atoms with van der Waals surface area (Å²) in [5.41, 5.74) is 1.63. The second-order valence-electron chi connectivity index (χ2n) is 5.91. The van der Waals surface area contributed by atoms with Crippen molar-refractivity contribution in [2.24, 2.45) is 5.41 Å². The van der Waals surface area contributed by atoms with Crippen molar-refractivity contribution in [3.8, 4) is 5.75 Å². The van der Waals surface area contributed by atoms with Crippen molar-refractivity contribution in [2.75, 3.05) is 13.1 Å². The molecule has 0 atom stereocenters. The van der Waals surface area contributed by atoms with Crippen LogP contribution in [-0.4, -0.2) is 29.0 Å². The summed E-state index contributed by atoms with van der Waals surface area (Å²) in [6.07, 6.45) is 2.08. The van der Waals surface area contributed by atoms with E-state index in [9.17, 15) is 9.90 Å². The van der Waals surface area contributed by atoms with Gasteiger partial charge in [-0.25, -0.2) is 0 Å². The minimum atomic E-state index is 0.0406. The molecular weight excluding hydrogens is 226 g/mol. The van der Waals surface area contributed by atoms with Gasteiger partial charge in [0.2, 0.25) is 0 Å². The van der Waals surface area contributed by atoms with Gasteiger partial charge in [0.05, 0.1) is 0 Å². The van der Waals surface area contributed by atoms with Crippen LogP contribution in [0.5, 0.6) is 5.75 Å². The summed E-state index contributed by atoms with van der Waals surface area (Å²) in [4.78, 5) is 14.3. The molecule has 0 aromatic heterocycles. The number of amides is 1. The average Bonchev–Trinajstić information content (AvgIpc) is 2.32. The van der Waals surface area contributed by atoms with E-state index in [2.05, 4.69) is 13.8 Å². The molecule has 1 aromatic carbocycles. The predicted octanol–water partition coefficient (Wildman–Crippen LogP) is 2.96. The number of aromatic hydroxyl groups is 1. The van der Waals surface area contributed by atoms with E-state index in [1.807, 2.05) is 4.90 Å². The highest BCUT2D eigenvalue weighted by Gasteiger charge is 2.28. The molecule has 0 aliphatic carbocycles. The first-order valence-electron chi connectivity index (χ1n) is 6.48. The van der Waals surface area contributed by atoms with E-state index in [0.29, 0.717) is 16.5 Å². The highest BCUT2D eigenvalue weighted by molar-refractivity contribution is 5.96. The number of phenolic OH excluding ortho intramolecular Hbond substituents is 1. The summed E-state index contributed by atoms with van der Waals surface area (Å²) in [6.45, 7) is 7.89. The topological polar surface area (TPSA) is 40.5 Å². The summed E-state index contributed by atoms with van der Waals surface area (Å²) >= 11 is 0. The average molecular weight is 247 g/mol. The lowest BCUT2D eigenvalue weighted by Gasteiger charge is -2.37. The zero-order valence-electron chi connectivity index (χ0n) is 11.4. The van der Waals surface area contributed by atoms with Crippen LogP contribution in [0, 0.1) is 12.3 Å². The molecule has 1 aliphatic heterocycles. The van der Waals surface area contributed by atoms with Crippen LogP contribution in [0.25, 0.3) is 0 Å². The number of hydrogen-bond acceptors (Lipinski definition) is 2. The molecular formula is C15H21NO2. The Morgan fingerprint density at radius 2 is 1.89 bits per heavy atom. The molecule has 2 rings (SSSR count). The number of phenols is 1. The molecule has 3 heteroatoms.